The molecule has 2 aromatic heterocycles. The van der Waals surface area contributed by atoms with Crippen LogP contribution in [0.5, 0.6) is 12.0 Å². The van der Waals surface area contributed by atoms with E-state index < -0.39 is 0 Å². The molecule has 0 radical (unpaired) electrons. The highest BCUT2D eigenvalue weighted by molar-refractivity contribution is 5.15. The summed E-state index contributed by atoms with van der Waals surface area (Å²) in [6, 6.07) is 2.14. The molecule has 0 saturated carbocycles. The van der Waals surface area contributed by atoms with Gasteiger partial charge in [-0.05, 0) is 6.07 Å². The fraction of sp³-hybridized carbons (Fsp3) is 0.250. The third-order valence-corrected chi connectivity index (χ3v) is 1.66. The number of methoxy groups -OCH3 is 2. The summed E-state index contributed by atoms with van der Waals surface area (Å²) in [7, 11) is 2.95. The number of nitrogens with zero attached hydrogens (tertiary/aromatic N) is 5. The lowest BCUT2D eigenvalue weighted by Gasteiger charge is -2.04. The SMILES string of the molecule is COc1nc(OC)nc(-n2cccn2)n1. The van der Waals surface area contributed by atoms with Crippen LogP contribution in [0.15, 0.2) is 18.5 Å². The normalized spacial score (nSPS) is 10.0. The highest BCUT2D eigenvalue weighted by Gasteiger charge is 2.08. The van der Waals surface area contributed by atoms with Crippen molar-refractivity contribution in [2.75, 3.05) is 14.2 Å². The zero-order valence-electron chi connectivity index (χ0n) is 8.28. The zero-order valence-corrected chi connectivity index (χ0v) is 8.28. The van der Waals surface area contributed by atoms with Crippen LogP contribution in [0.2, 0.25) is 0 Å². The van der Waals surface area contributed by atoms with E-state index in [1.165, 1.54) is 18.9 Å². The molecule has 7 heteroatoms. The summed E-state index contributed by atoms with van der Waals surface area (Å²) in [5, 5.41) is 3.99. The standard InChI is InChI=1S/C8H9N5O2/c1-14-7-10-6(11-8(12-7)15-2)13-5-3-4-9-13/h3-5H,1-2H3. The second-order valence-electron chi connectivity index (χ2n) is 2.56. The minimum atomic E-state index is 0.187. The van der Waals surface area contributed by atoms with Crippen molar-refractivity contribution in [3.05, 3.63) is 18.5 Å². The monoisotopic (exact) mass is 207 g/mol. The molecule has 0 aromatic carbocycles. The highest BCUT2D eigenvalue weighted by Crippen LogP contribution is 2.10. The molecule has 0 spiro atoms. The lowest BCUT2D eigenvalue weighted by atomic mass is 10.7. The van der Waals surface area contributed by atoms with Crippen molar-refractivity contribution in [2.24, 2.45) is 0 Å². The van der Waals surface area contributed by atoms with E-state index in [9.17, 15) is 0 Å². The van der Waals surface area contributed by atoms with Gasteiger partial charge in [0.05, 0.1) is 14.2 Å². The lowest BCUT2D eigenvalue weighted by molar-refractivity contribution is 0.338. The summed E-state index contributed by atoms with van der Waals surface area (Å²) in [6.07, 6.45) is 3.34. The topological polar surface area (TPSA) is 75.0 Å². The van der Waals surface area contributed by atoms with Gasteiger partial charge < -0.3 is 9.47 Å². The molecule has 0 unspecified atom stereocenters. The molecule has 2 aromatic rings. The van der Waals surface area contributed by atoms with Crippen LogP contribution in [0.3, 0.4) is 0 Å². The van der Waals surface area contributed by atoms with Gasteiger partial charge in [-0.2, -0.15) is 15.1 Å². The maximum atomic E-state index is 4.91. The Morgan fingerprint density at radius 3 is 2.20 bits per heavy atom. The van der Waals surface area contributed by atoms with Crippen LogP contribution in [0.4, 0.5) is 0 Å². The molecule has 0 atom stereocenters. The second kappa shape index (κ2) is 3.91. The molecule has 0 aliphatic carbocycles. The average Bonchev–Trinajstić information content (AvgIpc) is 2.81. The predicted octanol–water partition coefficient (Wildman–Crippen LogP) is 0.0745. The second-order valence-corrected chi connectivity index (χ2v) is 2.56. The van der Waals surface area contributed by atoms with Gasteiger partial charge in [-0.1, -0.05) is 0 Å². The summed E-state index contributed by atoms with van der Waals surface area (Å²) in [4.78, 5) is 11.9. The van der Waals surface area contributed by atoms with Gasteiger partial charge in [0.2, 0.25) is 0 Å². The van der Waals surface area contributed by atoms with Crippen molar-refractivity contribution in [3.63, 3.8) is 0 Å². The minimum absolute atomic E-state index is 0.187. The Kier molecular flexibility index (Phi) is 2.44. The lowest BCUT2D eigenvalue weighted by Crippen LogP contribution is -2.06. The molecule has 2 rings (SSSR count). The Balaban J connectivity index is 2.47. The van der Waals surface area contributed by atoms with E-state index in [1.807, 2.05) is 0 Å². The van der Waals surface area contributed by atoms with Crippen molar-refractivity contribution in [3.8, 4) is 18.0 Å². The van der Waals surface area contributed by atoms with Gasteiger partial charge >= 0.3 is 12.0 Å². The van der Waals surface area contributed by atoms with Gasteiger partial charge in [0.1, 0.15) is 0 Å². The van der Waals surface area contributed by atoms with Crippen LogP contribution in [0, 0.1) is 0 Å². The molecule has 2 heterocycles. The molecule has 0 aliphatic heterocycles. The van der Waals surface area contributed by atoms with E-state index >= 15 is 0 Å². The van der Waals surface area contributed by atoms with Gasteiger partial charge in [-0.3, -0.25) is 0 Å². The predicted molar refractivity (Wildman–Crippen MR) is 50.1 cm³/mol. The fourth-order valence-electron chi connectivity index (χ4n) is 1.00. The maximum absolute atomic E-state index is 4.91. The third kappa shape index (κ3) is 1.85. The van der Waals surface area contributed by atoms with E-state index in [0.717, 1.165) is 0 Å². The minimum Gasteiger partial charge on any atom is -0.467 e. The van der Waals surface area contributed by atoms with Gasteiger partial charge in [0, 0.05) is 12.4 Å². The number of aromatic nitrogens is 5. The Hall–Kier alpha value is -2.18. The number of hydrogen-bond donors (Lipinski definition) is 0. The Bertz CT molecular complexity index is 420. The average molecular weight is 207 g/mol. The third-order valence-electron chi connectivity index (χ3n) is 1.66. The van der Waals surface area contributed by atoms with Crippen LogP contribution in [-0.2, 0) is 0 Å². The Labute approximate surface area is 85.7 Å². The van der Waals surface area contributed by atoms with Crippen molar-refractivity contribution in [1.29, 1.82) is 0 Å². The first-order valence-electron chi connectivity index (χ1n) is 4.17. The van der Waals surface area contributed by atoms with Gasteiger partial charge in [0.15, 0.2) is 0 Å². The zero-order chi connectivity index (χ0) is 10.7. The molecule has 0 fully saturated rings. The van der Waals surface area contributed by atoms with E-state index in [1.54, 1.807) is 18.5 Å². The number of ether oxygens (including phenoxy) is 2. The van der Waals surface area contributed by atoms with Gasteiger partial charge in [-0.25, -0.2) is 4.68 Å². The highest BCUT2D eigenvalue weighted by atomic mass is 16.5. The molecule has 7 nitrogen and oxygen atoms in total. The molecule has 0 saturated heterocycles. The molecule has 78 valence electrons. The summed E-state index contributed by atoms with van der Waals surface area (Å²) < 4.78 is 11.3. The summed E-state index contributed by atoms with van der Waals surface area (Å²) >= 11 is 0. The summed E-state index contributed by atoms with van der Waals surface area (Å²) in [6.45, 7) is 0. The first kappa shape index (κ1) is 9.38. The Morgan fingerprint density at radius 1 is 1.07 bits per heavy atom. The van der Waals surface area contributed by atoms with Crippen molar-refractivity contribution < 1.29 is 9.47 Å². The molecular weight excluding hydrogens is 198 g/mol. The quantitative estimate of drug-likeness (QED) is 0.709. The molecule has 0 bridgehead atoms. The van der Waals surface area contributed by atoms with Crippen LogP contribution in [-0.4, -0.2) is 39.0 Å². The first-order chi connectivity index (χ1) is 7.33. The smallest absolute Gasteiger partial charge is 0.324 e. The van der Waals surface area contributed by atoms with Crippen molar-refractivity contribution in [1.82, 2.24) is 24.7 Å². The molecule has 15 heavy (non-hydrogen) atoms. The van der Waals surface area contributed by atoms with Crippen LogP contribution in [0.1, 0.15) is 0 Å². The van der Waals surface area contributed by atoms with E-state index in [2.05, 4.69) is 20.1 Å². The van der Waals surface area contributed by atoms with Crippen molar-refractivity contribution >= 4 is 0 Å². The van der Waals surface area contributed by atoms with Crippen molar-refractivity contribution in [2.45, 2.75) is 0 Å². The van der Waals surface area contributed by atoms with Crippen LogP contribution >= 0.6 is 0 Å². The molecule has 0 aliphatic rings. The van der Waals surface area contributed by atoms with E-state index in [-0.39, 0.29) is 12.0 Å². The number of hydrogen-bond acceptors (Lipinski definition) is 6. The van der Waals surface area contributed by atoms with E-state index in [0.29, 0.717) is 5.95 Å². The number of rotatable bonds is 3. The van der Waals surface area contributed by atoms with Gasteiger partial charge in [0.25, 0.3) is 5.95 Å². The van der Waals surface area contributed by atoms with Gasteiger partial charge in [-0.15, -0.1) is 4.98 Å². The maximum Gasteiger partial charge on any atom is 0.324 e. The molecule has 0 N–H and O–H groups in total. The fourth-order valence-corrected chi connectivity index (χ4v) is 1.00. The largest absolute Gasteiger partial charge is 0.467 e. The first-order valence-corrected chi connectivity index (χ1v) is 4.17. The summed E-state index contributed by atoms with van der Waals surface area (Å²) in [5.41, 5.74) is 0. The Morgan fingerprint density at radius 2 is 1.73 bits per heavy atom. The van der Waals surface area contributed by atoms with Crippen LogP contribution in [0.25, 0.3) is 5.95 Å². The van der Waals surface area contributed by atoms with E-state index in [4.69, 9.17) is 9.47 Å². The van der Waals surface area contributed by atoms with Crippen LogP contribution < -0.4 is 9.47 Å². The molecule has 0 amide bonds. The molecular formula is C8H9N5O2. The summed E-state index contributed by atoms with van der Waals surface area (Å²) in [5.74, 6) is 0.351.